The molecule has 0 aromatic heterocycles. The molecule has 1 N–H and O–H groups in total. The first-order chi connectivity index (χ1) is 53.9. The van der Waals surface area contributed by atoms with Gasteiger partial charge in [0.25, 0.3) is 0 Å². The fourth-order valence-electron chi connectivity index (χ4n) is 14.9. The van der Waals surface area contributed by atoms with Gasteiger partial charge in [-0.25, -0.2) is 0 Å². The summed E-state index contributed by atoms with van der Waals surface area (Å²) in [7, 11) is 3.37. The lowest BCUT2D eigenvalue weighted by Crippen LogP contribution is -2.62. The highest BCUT2D eigenvalue weighted by Crippen LogP contribution is 2.34. The van der Waals surface area contributed by atoms with E-state index in [0.717, 1.165) is 83.4 Å². The third kappa shape index (κ3) is 38.9. The summed E-state index contributed by atoms with van der Waals surface area (Å²) < 4.78 is 68.7. The molecule has 1 fully saturated rings. The van der Waals surface area contributed by atoms with Crippen LogP contribution in [0.15, 0.2) is 170 Å². The number of methoxy groups -OCH3 is 2. The Morgan fingerprint density at radius 3 is 1.16 bits per heavy atom. The summed E-state index contributed by atoms with van der Waals surface area (Å²) in [5.74, 6) is 1.48. The maximum atomic E-state index is 15.1. The Kier molecular flexibility index (Phi) is 48.7. The number of amides is 1. The summed E-state index contributed by atoms with van der Waals surface area (Å²) in [5.41, 5.74) is 6.00. The first kappa shape index (κ1) is 90.2. The number of benzene rings is 6. The summed E-state index contributed by atoms with van der Waals surface area (Å²) in [6.45, 7) is 12.6. The van der Waals surface area contributed by atoms with Crippen molar-refractivity contribution < 1.29 is 52.2 Å². The molecule has 0 radical (unpaired) electrons. The lowest BCUT2D eigenvalue weighted by molar-refractivity contribution is -0.330. The molecule has 1 aliphatic heterocycles. The van der Waals surface area contributed by atoms with Crippen LogP contribution in [-0.2, 0) is 82.3 Å². The highest BCUT2D eigenvalue weighted by Gasteiger charge is 2.50. The molecule has 0 aliphatic carbocycles. The van der Waals surface area contributed by atoms with Crippen LogP contribution in [0.25, 0.3) is 0 Å². The number of nitrogens with one attached hydrogen (secondary N) is 1. The summed E-state index contributed by atoms with van der Waals surface area (Å²) >= 11 is 0. The Morgan fingerprint density at radius 1 is 0.376 bits per heavy atom. The highest BCUT2D eigenvalue weighted by atomic mass is 16.7. The molecule has 0 bridgehead atoms. The molecular weight excluding hydrogens is 1360 g/mol. The number of rotatable bonds is 66. The number of carbonyl (C=O) groups is 1. The van der Waals surface area contributed by atoms with Gasteiger partial charge in [-0.2, -0.15) is 0 Å². The third-order valence-electron chi connectivity index (χ3n) is 21.5. The lowest BCUT2D eigenvalue weighted by Gasteiger charge is -2.46. The standard InChI is InChI=1S/C96H144N2O11/c1-6-9-12-15-18-19-20-21-23-26-29-46-59-89(103-73-84-61-65-86(100-4)66-62-84)92(104-77-85-63-67-87(101-5)68-64-85)88(97-91(99)60-47-30-27-24-22-25-28-33-50-71-98(69-48-31-16-13-10-7-2)70-49-32-17-14-11-8-3)78-108-96-95(107-76-83-57-44-37-45-58-83)94(106-75-82-55-42-36-43-56-82)93(105-74-81-53-40-35-41-54-81)90(109-96)79-102-72-80-51-38-34-39-52-80/h34-45,51-58,61-68,88-90,92-96H,6-33,46-50,59-60,69-79H2,1-5H3,(H,97,99)/t88-,89+,90+,92-,93-,94-,95+,96-/m0/s1. The van der Waals surface area contributed by atoms with Crippen molar-refractivity contribution in [3.05, 3.63) is 203 Å². The predicted octanol–water partition coefficient (Wildman–Crippen LogP) is 23.4. The van der Waals surface area contributed by atoms with Crippen molar-refractivity contribution >= 4 is 5.91 Å². The van der Waals surface area contributed by atoms with Gasteiger partial charge in [-0.1, -0.05) is 353 Å². The molecule has 1 aliphatic rings. The SMILES string of the molecule is CCCCCCCCCCCCCC[C@@H](OCc1ccc(OC)cc1)[C@@H](OCc1ccc(OC)cc1)[C@H](CO[C@H]1O[C@H](COCc2ccccc2)[C@H](OCc2ccccc2)[C@H](OCc2ccccc2)[C@H]1OCc1ccccc1)NC(=O)CCCCCCCCCCCN(CCCCCCCC)CCCCCCCC. The van der Waals surface area contributed by atoms with Gasteiger partial charge in [-0.3, -0.25) is 4.79 Å². The molecular formula is C96H144N2O11. The highest BCUT2D eigenvalue weighted by molar-refractivity contribution is 5.76. The minimum absolute atomic E-state index is 0.00938. The number of nitrogens with zero attached hydrogens (tertiary/aromatic N) is 1. The van der Waals surface area contributed by atoms with Crippen molar-refractivity contribution in [3.8, 4) is 11.5 Å². The predicted molar refractivity (Wildman–Crippen MR) is 446 cm³/mol. The van der Waals surface area contributed by atoms with Gasteiger partial charge in [0.1, 0.15) is 42.0 Å². The van der Waals surface area contributed by atoms with Gasteiger partial charge in [-0.05, 0) is 109 Å². The molecule has 6 aromatic carbocycles. The van der Waals surface area contributed by atoms with Gasteiger partial charge in [0.05, 0.1) is 79.2 Å². The number of ether oxygens (including phenoxy) is 10. The molecule has 8 atom stereocenters. The largest absolute Gasteiger partial charge is 0.497 e. The molecule has 0 spiro atoms. The molecule has 1 heterocycles. The molecule has 1 amide bonds. The summed E-state index contributed by atoms with van der Waals surface area (Å²) in [4.78, 5) is 17.9. The van der Waals surface area contributed by atoms with E-state index < -0.39 is 49.0 Å². The fourth-order valence-corrected chi connectivity index (χ4v) is 14.9. The average molecular weight is 1500 g/mol. The first-order valence-corrected chi connectivity index (χ1v) is 43.2. The Morgan fingerprint density at radius 2 is 0.734 bits per heavy atom. The molecule has 604 valence electrons. The maximum Gasteiger partial charge on any atom is 0.220 e. The lowest BCUT2D eigenvalue weighted by atomic mass is 9.97. The quantitative estimate of drug-likeness (QED) is 0.0366. The fraction of sp³-hybridized carbons (Fsp3) is 0.615. The number of unbranched alkanes of at least 4 members (excludes halogenated alkanes) is 29. The Labute approximate surface area is 660 Å². The molecule has 109 heavy (non-hydrogen) atoms. The normalized spacial score (nSPS) is 16.7. The Hall–Kier alpha value is -5.97. The monoisotopic (exact) mass is 1500 g/mol. The molecule has 6 aromatic rings. The summed E-state index contributed by atoms with van der Waals surface area (Å²) in [6.07, 6.45) is 37.4. The van der Waals surface area contributed by atoms with Crippen molar-refractivity contribution in [2.45, 2.75) is 334 Å². The van der Waals surface area contributed by atoms with Crippen LogP contribution in [0.2, 0.25) is 0 Å². The Bertz CT molecular complexity index is 3080. The number of hydrogen-bond acceptors (Lipinski definition) is 12. The zero-order valence-electron chi connectivity index (χ0n) is 68.2. The molecule has 0 saturated carbocycles. The van der Waals surface area contributed by atoms with Crippen LogP contribution in [0, 0.1) is 0 Å². The van der Waals surface area contributed by atoms with E-state index in [2.05, 4.69) is 91.7 Å². The maximum absolute atomic E-state index is 15.1. The van der Waals surface area contributed by atoms with Gasteiger partial charge in [0, 0.05) is 6.42 Å². The van der Waals surface area contributed by atoms with Crippen LogP contribution in [0.4, 0.5) is 0 Å². The van der Waals surface area contributed by atoms with E-state index in [-0.39, 0.29) is 38.9 Å². The second kappa shape index (κ2) is 58.8. The molecule has 13 nitrogen and oxygen atoms in total. The van der Waals surface area contributed by atoms with Crippen molar-refractivity contribution in [2.24, 2.45) is 0 Å². The van der Waals surface area contributed by atoms with Gasteiger partial charge < -0.3 is 57.6 Å². The smallest absolute Gasteiger partial charge is 0.220 e. The van der Waals surface area contributed by atoms with Crippen LogP contribution >= 0.6 is 0 Å². The number of carbonyl (C=O) groups excluding carboxylic acids is 1. The molecule has 7 rings (SSSR count). The van der Waals surface area contributed by atoms with E-state index >= 15 is 4.79 Å². The van der Waals surface area contributed by atoms with Gasteiger partial charge >= 0.3 is 0 Å². The van der Waals surface area contributed by atoms with Crippen LogP contribution in [0.3, 0.4) is 0 Å². The van der Waals surface area contributed by atoms with E-state index in [1.165, 1.54) is 193 Å². The van der Waals surface area contributed by atoms with Crippen molar-refractivity contribution in [1.29, 1.82) is 0 Å². The van der Waals surface area contributed by atoms with E-state index in [4.69, 9.17) is 47.4 Å². The van der Waals surface area contributed by atoms with Crippen LogP contribution in [0.5, 0.6) is 11.5 Å². The van der Waals surface area contributed by atoms with E-state index in [9.17, 15) is 0 Å². The summed E-state index contributed by atoms with van der Waals surface area (Å²) in [6, 6.07) is 56.1. The van der Waals surface area contributed by atoms with E-state index in [1.54, 1.807) is 14.2 Å². The van der Waals surface area contributed by atoms with Crippen molar-refractivity contribution in [1.82, 2.24) is 10.2 Å². The second-order valence-corrected chi connectivity index (χ2v) is 30.6. The second-order valence-electron chi connectivity index (χ2n) is 30.6. The van der Waals surface area contributed by atoms with E-state index in [0.29, 0.717) is 32.7 Å². The van der Waals surface area contributed by atoms with Gasteiger partial charge in [0.15, 0.2) is 6.29 Å². The van der Waals surface area contributed by atoms with Crippen LogP contribution in [-0.4, -0.2) is 107 Å². The van der Waals surface area contributed by atoms with Crippen LogP contribution < -0.4 is 14.8 Å². The minimum Gasteiger partial charge on any atom is -0.497 e. The molecule has 13 heteroatoms. The first-order valence-electron chi connectivity index (χ1n) is 43.2. The molecule has 0 unspecified atom stereocenters. The molecule has 1 saturated heterocycles. The van der Waals surface area contributed by atoms with Gasteiger partial charge in [0.2, 0.25) is 5.91 Å². The van der Waals surface area contributed by atoms with Crippen molar-refractivity contribution in [2.75, 3.05) is 47.1 Å². The third-order valence-corrected chi connectivity index (χ3v) is 21.5. The number of hydrogen-bond donors (Lipinski definition) is 1. The zero-order valence-corrected chi connectivity index (χ0v) is 68.2. The van der Waals surface area contributed by atoms with Gasteiger partial charge in [-0.15, -0.1) is 0 Å². The van der Waals surface area contributed by atoms with Crippen molar-refractivity contribution in [3.63, 3.8) is 0 Å². The summed E-state index contributed by atoms with van der Waals surface area (Å²) in [5, 5.41) is 3.59. The Balaban J connectivity index is 1.14. The van der Waals surface area contributed by atoms with Crippen LogP contribution in [0.1, 0.15) is 279 Å². The average Bonchev–Trinajstić information content (AvgIpc) is 0.786. The zero-order chi connectivity index (χ0) is 76.5. The topological polar surface area (TPSA) is 125 Å². The van der Waals surface area contributed by atoms with E-state index in [1.807, 2.05) is 109 Å². The minimum atomic E-state index is -1.04.